The van der Waals surface area contributed by atoms with Gasteiger partial charge < -0.3 is 10.4 Å². The van der Waals surface area contributed by atoms with Crippen molar-refractivity contribution in [3.63, 3.8) is 0 Å². The fourth-order valence-corrected chi connectivity index (χ4v) is 6.91. The number of anilines is 3. The molecule has 1 amide bonds. The normalized spacial score (nSPS) is 18.1. The summed E-state index contributed by atoms with van der Waals surface area (Å²) in [5, 5.41) is 18.2. The maximum atomic E-state index is 14.2. The number of para-hydroxylation sites is 1. The average Bonchev–Trinajstić information content (AvgIpc) is 3.78. The fourth-order valence-electron chi connectivity index (χ4n) is 6.91. The Kier molecular flexibility index (Phi) is 6.82. The fraction of sp³-hybridized carbons (Fsp3) is 0.194. The number of nitrogens with one attached hydrogen (secondary N) is 1. The Morgan fingerprint density at radius 3 is 2.62 bits per heavy atom. The highest BCUT2D eigenvalue weighted by atomic mass is 19.1. The van der Waals surface area contributed by atoms with Crippen LogP contribution < -0.4 is 10.2 Å². The monoisotopic (exact) mass is 627 g/mol. The van der Waals surface area contributed by atoms with E-state index in [-0.39, 0.29) is 30.1 Å². The number of nitrogens with zero attached hydrogens (tertiary/aromatic N) is 6. The smallest absolute Gasteiger partial charge is 0.335 e. The van der Waals surface area contributed by atoms with Crippen molar-refractivity contribution in [1.82, 2.24) is 19.7 Å². The third-order valence-corrected chi connectivity index (χ3v) is 9.12. The zero-order chi connectivity index (χ0) is 32.2. The maximum Gasteiger partial charge on any atom is 0.335 e. The third-order valence-electron chi connectivity index (χ3n) is 9.12. The zero-order valence-electron chi connectivity index (χ0n) is 25.5. The van der Waals surface area contributed by atoms with E-state index in [4.69, 9.17) is 10.1 Å². The highest BCUT2D eigenvalue weighted by Crippen LogP contribution is 2.43. The third kappa shape index (κ3) is 4.91. The number of carboxylic acid groups (broad SMARTS) is 1. The van der Waals surface area contributed by atoms with Crippen LogP contribution in [0.4, 0.5) is 21.7 Å². The number of carboxylic acids is 1. The summed E-state index contributed by atoms with van der Waals surface area (Å²) in [6.45, 7) is 0.288. The summed E-state index contributed by atoms with van der Waals surface area (Å²) >= 11 is 0. The number of carbonyl (C=O) groups is 2. The van der Waals surface area contributed by atoms with Crippen molar-refractivity contribution in [1.29, 1.82) is 0 Å². The summed E-state index contributed by atoms with van der Waals surface area (Å²) in [4.78, 5) is 38.6. The molecule has 3 aromatic carbocycles. The topological polar surface area (TPSA) is 116 Å². The number of halogens is 1. The molecule has 47 heavy (non-hydrogen) atoms. The predicted octanol–water partition coefficient (Wildman–Crippen LogP) is 6.42. The summed E-state index contributed by atoms with van der Waals surface area (Å²) < 4.78 is 16.0. The van der Waals surface area contributed by atoms with Gasteiger partial charge in [0.25, 0.3) is 5.91 Å². The summed E-state index contributed by atoms with van der Waals surface area (Å²) in [6.07, 6.45) is 3.03. The maximum absolute atomic E-state index is 14.2. The molecule has 2 atom stereocenters. The molecule has 11 heteroatoms. The van der Waals surface area contributed by atoms with Crippen LogP contribution >= 0.6 is 0 Å². The molecule has 5 aromatic rings. The van der Waals surface area contributed by atoms with Crippen molar-refractivity contribution in [3.05, 3.63) is 114 Å². The molecular weight excluding hydrogens is 597 g/mol. The van der Waals surface area contributed by atoms with Crippen LogP contribution in [0.3, 0.4) is 0 Å². The SMILES string of the molecule is CN1C(=O)c2c(nn(Cc3ccc(-c4cccc(F)n4)c(-c4cccc(C(=O)O)c4)c3)c2Nc2ccccc2)N2C1=N[C@@H]1CCC[C@@H]12. The van der Waals surface area contributed by atoms with Gasteiger partial charge in [0.15, 0.2) is 5.82 Å². The van der Waals surface area contributed by atoms with Crippen LogP contribution in [0.25, 0.3) is 22.4 Å². The number of amides is 1. The van der Waals surface area contributed by atoms with E-state index in [0.717, 1.165) is 30.5 Å². The number of rotatable bonds is 7. The Hall–Kier alpha value is -5.84. The molecule has 8 rings (SSSR count). The van der Waals surface area contributed by atoms with E-state index < -0.39 is 11.9 Å². The minimum absolute atomic E-state index is 0.134. The minimum atomic E-state index is -1.05. The van der Waals surface area contributed by atoms with Gasteiger partial charge in [0.05, 0.1) is 29.9 Å². The van der Waals surface area contributed by atoms with E-state index in [2.05, 4.69) is 15.2 Å². The number of aliphatic imine (C=N–C) groups is 1. The van der Waals surface area contributed by atoms with E-state index in [1.807, 2.05) is 59.3 Å². The molecule has 234 valence electrons. The minimum Gasteiger partial charge on any atom is -0.478 e. The number of carbonyl (C=O) groups excluding carboxylic acids is 1. The Morgan fingerprint density at radius 1 is 0.979 bits per heavy atom. The second-order valence-corrected chi connectivity index (χ2v) is 12.0. The van der Waals surface area contributed by atoms with Crippen molar-refractivity contribution in [3.8, 4) is 22.4 Å². The molecule has 0 spiro atoms. The average molecular weight is 628 g/mol. The quantitative estimate of drug-likeness (QED) is 0.200. The van der Waals surface area contributed by atoms with Crippen molar-refractivity contribution < 1.29 is 19.1 Å². The number of hydrogen-bond acceptors (Lipinski definition) is 7. The lowest BCUT2D eigenvalue weighted by molar-refractivity contribution is 0.0696. The van der Waals surface area contributed by atoms with Gasteiger partial charge in [-0.25, -0.2) is 19.5 Å². The molecule has 0 unspecified atom stereocenters. The summed E-state index contributed by atoms with van der Waals surface area (Å²) in [5.74, 6) is -0.0434. The van der Waals surface area contributed by atoms with E-state index in [1.54, 1.807) is 36.2 Å². The van der Waals surface area contributed by atoms with Gasteiger partial charge in [0.1, 0.15) is 11.4 Å². The van der Waals surface area contributed by atoms with Crippen molar-refractivity contribution >= 4 is 35.2 Å². The largest absolute Gasteiger partial charge is 0.478 e. The molecule has 1 aliphatic carbocycles. The van der Waals surface area contributed by atoms with Gasteiger partial charge in [-0.15, -0.1) is 0 Å². The second kappa shape index (κ2) is 11.2. The van der Waals surface area contributed by atoms with Crippen LogP contribution in [0.15, 0.2) is 96.0 Å². The van der Waals surface area contributed by atoms with E-state index in [1.165, 1.54) is 12.1 Å². The first-order valence-electron chi connectivity index (χ1n) is 15.5. The summed E-state index contributed by atoms with van der Waals surface area (Å²) in [6, 6.07) is 26.9. The Balaban J connectivity index is 1.27. The zero-order valence-corrected chi connectivity index (χ0v) is 25.5. The number of guanidine groups is 1. The first kappa shape index (κ1) is 28.6. The number of aromatic carboxylic acids is 1. The molecule has 0 bridgehead atoms. The van der Waals surface area contributed by atoms with Crippen LogP contribution in [0, 0.1) is 5.95 Å². The number of benzene rings is 3. The molecule has 4 heterocycles. The standard InChI is InChI=1S/C36H30FN7O3/c1-42-34(45)31-32(38-24-10-3-2-4-11-24)43(41-33(31)44-29-14-6-13-28(29)40-36(42)44)20-21-16-17-25(27-12-7-15-30(37)39-27)26(18-21)22-8-5-9-23(19-22)35(46)47/h2-5,7-12,15-19,28-29,38H,6,13-14,20H2,1H3,(H,46,47)/t28-,29+/m1/s1. The predicted molar refractivity (Wildman–Crippen MR) is 177 cm³/mol. The van der Waals surface area contributed by atoms with E-state index >= 15 is 0 Å². The lowest BCUT2D eigenvalue weighted by Crippen LogP contribution is -2.51. The number of hydrogen-bond donors (Lipinski definition) is 2. The number of fused-ring (bicyclic) bond motifs is 5. The van der Waals surface area contributed by atoms with Crippen LogP contribution in [-0.4, -0.2) is 61.7 Å². The van der Waals surface area contributed by atoms with Crippen LogP contribution in [0.2, 0.25) is 0 Å². The molecule has 0 radical (unpaired) electrons. The van der Waals surface area contributed by atoms with Crippen LogP contribution in [-0.2, 0) is 6.54 Å². The Morgan fingerprint density at radius 2 is 1.81 bits per heavy atom. The highest BCUT2D eigenvalue weighted by molar-refractivity contribution is 6.21. The van der Waals surface area contributed by atoms with Gasteiger partial charge in [-0.3, -0.25) is 14.6 Å². The molecule has 2 N–H and O–H groups in total. The molecule has 1 fully saturated rings. The first-order valence-corrected chi connectivity index (χ1v) is 15.5. The van der Waals surface area contributed by atoms with Crippen LogP contribution in [0.1, 0.15) is 45.5 Å². The van der Waals surface area contributed by atoms with Gasteiger partial charge in [0.2, 0.25) is 11.9 Å². The number of pyridine rings is 1. The summed E-state index contributed by atoms with van der Waals surface area (Å²) in [7, 11) is 1.76. The van der Waals surface area contributed by atoms with Crippen molar-refractivity contribution in [2.45, 2.75) is 37.9 Å². The van der Waals surface area contributed by atoms with Gasteiger partial charge in [-0.05, 0) is 78.4 Å². The summed E-state index contributed by atoms with van der Waals surface area (Å²) in [5.41, 5.74) is 4.69. The highest BCUT2D eigenvalue weighted by Gasteiger charge is 2.49. The number of aromatic nitrogens is 3. The Labute approximate surface area is 269 Å². The lowest BCUT2D eigenvalue weighted by atomic mass is 9.94. The van der Waals surface area contributed by atoms with Gasteiger partial charge >= 0.3 is 5.97 Å². The van der Waals surface area contributed by atoms with E-state index in [9.17, 15) is 19.1 Å². The molecule has 10 nitrogen and oxygen atoms in total. The second-order valence-electron chi connectivity index (χ2n) is 12.0. The molecule has 3 aliphatic rings. The molecule has 1 saturated carbocycles. The first-order chi connectivity index (χ1) is 22.9. The van der Waals surface area contributed by atoms with Crippen LogP contribution in [0.5, 0.6) is 0 Å². The van der Waals surface area contributed by atoms with Crippen molar-refractivity contribution in [2.24, 2.45) is 4.99 Å². The van der Waals surface area contributed by atoms with Gasteiger partial charge in [0, 0.05) is 18.3 Å². The lowest BCUT2D eigenvalue weighted by Gasteiger charge is -2.34. The molecule has 0 saturated heterocycles. The van der Waals surface area contributed by atoms with Crippen molar-refractivity contribution in [2.75, 3.05) is 17.3 Å². The molecule has 2 aliphatic heterocycles. The van der Waals surface area contributed by atoms with Gasteiger partial charge in [-0.2, -0.15) is 9.49 Å². The van der Waals surface area contributed by atoms with E-state index in [0.29, 0.717) is 45.5 Å². The van der Waals surface area contributed by atoms with Gasteiger partial charge in [-0.1, -0.05) is 48.5 Å². The molecule has 2 aromatic heterocycles. The Bertz CT molecular complexity index is 2090. The molecular formula is C36H30FN7O3.